The summed E-state index contributed by atoms with van der Waals surface area (Å²) in [5, 5.41) is 0. The molecule has 19 heavy (non-hydrogen) atoms. The number of nitrogens with zero attached hydrogens (tertiary/aromatic N) is 2. The molecule has 1 saturated heterocycles. The summed E-state index contributed by atoms with van der Waals surface area (Å²) in [6.07, 6.45) is 3.79. The molecule has 3 rings (SSSR count). The van der Waals surface area contributed by atoms with E-state index >= 15 is 0 Å². The Morgan fingerprint density at radius 2 is 1.95 bits per heavy atom. The Labute approximate surface area is 115 Å². The Bertz CT molecular complexity index is 460. The van der Waals surface area contributed by atoms with E-state index in [-0.39, 0.29) is 0 Å². The number of aldehydes is 1. The van der Waals surface area contributed by atoms with Gasteiger partial charge < -0.3 is 4.90 Å². The van der Waals surface area contributed by atoms with Crippen LogP contribution in [0.1, 0.15) is 28.8 Å². The molecule has 1 aliphatic heterocycles. The molecule has 1 aromatic carbocycles. The van der Waals surface area contributed by atoms with Crippen LogP contribution in [0.4, 0.5) is 5.69 Å². The van der Waals surface area contributed by atoms with Crippen LogP contribution in [-0.4, -0.2) is 43.9 Å². The maximum Gasteiger partial charge on any atom is 0.150 e. The Kier molecular flexibility index (Phi) is 3.56. The summed E-state index contributed by atoms with van der Waals surface area (Å²) in [5.41, 5.74) is 3.27. The van der Waals surface area contributed by atoms with Crippen molar-refractivity contribution >= 4 is 12.0 Å². The number of carbonyl (C=O) groups excluding carboxylic acids is 1. The molecule has 1 aliphatic carbocycles. The molecule has 0 spiro atoms. The molecule has 1 saturated carbocycles. The Morgan fingerprint density at radius 3 is 2.53 bits per heavy atom. The van der Waals surface area contributed by atoms with Crippen molar-refractivity contribution in [1.82, 2.24) is 4.90 Å². The van der Waals surface area contributed by atoms with E-state index in [1.54, 1.807) is 0 Å². The van der Waals surface area contributed by atoms with Gasteiger partial charge in [-0.25, -0.2) is 0 Å². The third-order valence-electron chi connectivity index (χ3n) is 4.28. The lowest BCUT2D eigenvalue weighted by atomic mass is 10.1. The SMILES string of the molecule is Cc1cc(C=O)ccc1N1CCN(CC2CC2)CC1. The van der Waals surface area contributed by atoms with Crippen molar-refractivity contribution in [2.45, 2.75) is 19.8 Å². The lowest BCUT2D eigenvalue weighted by Crippen LogP contribution is -2.47. The van der Waals surface area contributed by atoms with Gasteiger partial charge in [-0.15, -0.1) is 0 Å². The van der Waals surface area contributed by atoms with E-state index in [1.807, 2.05) is 12.1 Å². The number of benzene rings is 1. The van der Waals surface area contributed by atoms with Crippen molar-refractivity contribution in [2.24, 2.45) is 5.92 Å². The molecule has 1 heterocycles. The van der Waals surface area contributed by atoms with Gasteiger partial charge in [-0.2, -0.15) is 0 Å². The molecule has 0 radical (unpaired) electrons. The highest BCUT2D eigenvalue weighted by Gasteiger charge is 2.26. The van der Waals surface area contributed by atoms with Crippen LogP contribution >= 0.6 is 0 Å². The van der Waals surface area contributed by atoms with Crippen LogP contribution in [0.5, 0.6) is 0 Å². The molecule has 0 bridgehead atoms. The maximum absolute atomic E-state index is 10.8. The molecule has 0 aromatic heterocycles. The molecular formula is C16H22N2O. The number of carbonyl (C=O) groups is 1. The first-order chi connectivity index (χ1) is 9.26. The van der Waals surface area contributed by atoms with E-state index in [2.05, 4.69) is 22.8 Å². The van der Waals surface area contributed by atoms with E-state index in [0.29, 0.717) is 0 Å². The van der Waals surface area contributed by atoms with Crippen LogP contribution in [0.15, 0.2) is 18.2 Å². The zero-order chi connectivity index (χ0) is 13.2. The maximum atomic E-state index is 10.8. The molecule has 2 fully saturated rings. The van der Waals surface area contributed by atoms with Gasteiger partial charge in [0.15, 0.2) is 0 Å². The Morgan fingerprint density at radius 1 is 1.21 bits per heavy atom. The average molecular weight is 258 g/mol. The third-order valence-corrected chi connectivity index (χ3v) is 4.28. The lowest BCUT2D eigenvalue weighted by Gasteiger charge is -2.37. The molecule has 102 valence electrons. The predicted molar refractivity (Wildman–Crippen MR) is 77.9 cm³/mol. The highest BCUT2D eigenvalue weighted by molar-refractivity contribution is 5.77. The van der Waals surface area contributed by atoms with Gasteiger partial charge >= 0.3 is 0 Å². The van der Waals surface area contributed by atoms with Crippen molar-refractivity contribution < 1.29 is 4.79 Å². The third kappa shape index (κ3) is 2.98. The smallest absolute Gasteiger partial charge is 0.150 e. The van der Waals surface area contributed by atoms with Gasteiger partial charge in [0.2, 0.25) is 0 Å². The molecule has 0 atom stereocenters. The van der Waals surface area contributed by atoms with E-state index in [9.17, 15) is 4.79 Å². The van der Waals surface area contributed by atoms with Crippen molar-refractivity contribution in [3.63, 3.8) is 0 Å². The van der Waals surface area contributed by atoms with Crippen LogP contribution < -0.4 is 4.90 Å². The summed E-state index contributed by atoms with van der Waals surface area (Å²) in [7, 11) is 0. The number of hydrogen-bond donors (Lipinski definition) is 0. The van der Waals surface area contributed by atoms with Crippen LogP contribution in [0.25, 0.3) is 0 Å². The van der Waals surface area contributed by atoms with Crippen LogP contribution in [-0.2, 0) is 0 Å². The standard InChI is InChI=1S/C16H22N2O/c1-13-10-15(12-19)4-5-16(13)18-8-6-17(7-9-18)11-14-2-3-14/h4-5,10,12,14H,2-3,6-9,11H2,1H3. The van der Waals surface area contributed by atoms with Gasteiger partial charge in [-0.3, -0.25) is 9.69 Å². The average Bonchev–Trinajstić information content (AvgIpc) is 3.24. The fourth-order valence-corrected chi connectivity index (χ4v) is 2.94. The van der Waals surface area contributed by atoms with Crippen LogP contribution in [0, 0.1) is 12.8 Å². The quantitative estimate of drug-likeness (QED) is 0.775. The minimum Gasteiger partial charge on any atom is -0.369 e. The number of piperazine rings is 1. The largest absolute Gasteiger partial charge is 0.369 e. The predicted octanol–water partition coefficient (Wildman–Crippen LogP) is 2.34. The van der Waals surface area contributed by atoms with Crippen LogP contribution in [0.3, 0.4) is 0 Å². The first kappa shape index (κ1) is 12.7. The number of anilines is 1. The summed E-state index contributed by atoms with van der Waals surface area (Å²) >= 11 is 0. The second kappa shape index (κ2) is 5.33. The van der Waals surface area contributed by atoms with E-state index in [1.165, 1.54) is 43.7 Å². The van der Waals surface area contributed by atoms with Crippen molar-refractivity contribution in [3.8, 4) is 0 Å². The topological polar surface area (TPSA) is 23.6 Å². The molecule has 3 nitrogen and oxygen atoms in total. The highest BCUT2D eigenvalue weighted by Crippen LogP contribution is 2.30. The fourth-order valence-electron chi connectivity index (χ4n) is 2.94. The molecule has 3 heteroatoms. The second-order valence-corrected chi connectivity index (χ2v) is 5.89. The van der Waals surface area contributed by atoms with Gasteiger partial charge in [0.1, 0.15) is 6.29 Å². The molecular weight excluding hydrogens is 236 g/mol. The first-order valence-corrected chi connectivity index (χ1v) is 7.29. The minimum absolute atomic E-state index is 0.772. The summed E-state index contributed by atoms with van der Waals surface area (Å²) in [6.45, 7) is 7.95. The van der Waals surface area contributed by atoms with Gasteiger partial charge in [-0.05, 0) is 49.4 Å². The number of hydrogen-bond acceptors (Lipinski definition) is 3. The summed E-state index contributed by atoms with van der Waals surface area (Å²) < 4.78 is 0. The fraction of sp³-hybridized carbons (Fsp3) is 0.562. The van der Waals surface area contributed by atoms with E-state index < -0.39 is 0 Å². The number of aryl methyl sites for hydroxylation is 1. The molecule has 1 aromatic rings. The zero-order valence-electron chi connectivity index (χ0n) is 11.6. The van der Waals surface area contributed by atoms with Crippen LogP contribution in [0.2, 0.25) is 0 Å². The van der Waals surface area contributed by atoms with Gasteiger partial charge in [0.25, 0.3) is 0 Å². The lowest BCUT2D eigenvalue weighted by molar-refractivity contribution is 0.112. The Balaban J connectivity index is 1.62. The van der Waals surface area contributed by atoms with Crippen molar-refractivity contribution in [2.75, 3.05) is 37.6 Å². The highest BCUT2D eigenvalue weighted by atomic mass is 16.1. The minimum atomic E-state index is 0.772. The molecule has 0 N–H and O–H groups in total. The van der Waals surface area contributed by atoms with E-state index in [4.69, 9.17) is 0 Å². The second-order valence-electron chi connectivity index (χ2n) is 5.89. The number of rotatable bonds is 4. The molecule has 2 aliphatic rings. The zero-order valence-corrected chi connectivity index (χ0v) is 11.6. The summed E-state index contributed by atoms with van der Waals surface area (Å²) in [5.74, 6) is 0.986. The van der Waals surface area contributed by atoms with E-state index in [0.717, 1.165) is 30.9 Å². The summed E-state index contributed by atoms with van der Waals surface area (Å²) in [6, 6.07) is 6.00. The van der Waals surface area contributed by atoms with Crippen molar-refractivity contribution in [3.05, 3.63) is 29.3 Å². The first-order valence-electron chi connectivity index (χ1n) is 7.29. The van der Waals surface area contributed by atoms with Gasteiger partial charge in [0, 0.05) is 44.0 Å². The summed E-state index contributed by atoms with van der Waals surface area (Å²) in [4.78, 5) is 15.8. The molecule has 0 unspecified atom stereocenters. The van der Waals surface area contributed by atoms with Gasteiger partial charge in [0.05, 0.1) is 0 Å². The van der Waals surface area contributed by atoms with Gasteiger partial charge in [-0.1, -0.05) is 0 Å². The Hall–Kier alpha value is -1.35. The molecule has 0 amide bonds. The monoisotopic (exact) mass is 258 g/mol. The normalized spacial score (nSPS) is 20.6. The van der Waals surface area contributed by atoms with Crippen molar-refractivity contribution in [1.29, 1.82) is 0 Å².